The number of carbonyl (C=O) groups is 1. The van der Waals surface area contributed by atoms with E-state index in [9.17, 15) is 4.79 Å². The van der Waals surface area contributed by atoms with Crippen LogP contribution in [0.5, 0.6) is 11.5 Å². The Hall–Kier alpha value is -3.36. The van der Waals surface area contributed by atoms with Crippen LogP contribution in [0, 0.1) is 0 Å². The highest BCUT2D eigenvalue weighted by Gasteiger charge is 2.08. The van der Waals surface area contributed by atoms with Crippen LogP contribution in [0.2, 0.25) is 0 Å². The van der Waals surface area contributed by atoms with E-state index in [2.05, 4.69) is 15.5 Å². The molecule has 0 aliphatic rings. The predicted octanol–water partition coefficient (Wildman–Crippen LogP) is 5.13. The number of rotatable bonds is 9. The molecule has 162 valence electrons. The number of aromatic nitrogens is 1. The summed E-state index contributed by atoms with van der Waals surface area (Å²) in [7, 11) is 1.59. The Kier molecular flexibility index (Phi) is 7.37. The number of fused-ring (bicyclic) bond motifs is 1. The molecule has 0 atom stereocenters. The number of hydrogen-bond donors (Lipinski definition) is 1. The topological polar surface area (TPSA) is 72.8 Å². The summed E-state index contributed by atoms with van der Waals surface area (Å²) in [6.07, 6.45) is 1.57. The Morgan fingerprint density at radius 3 is 2.72 bits per heavy atom. The van der Waals surface area contributed by atoms with Gasteiger partial charge >= 0.3 is 0 Å². The third-order valence-corrected chi connectivity index (χ3v) is 6.61. The maximum atomic E-state index is 12.1. The van der Waals surface area contributed by atoms with Gasteiger partial charge in [0.1, 0.15) is 6.61 Å². The van der Waals surface area contributed by atoms with E-state index in [0.29, 0.717) is 18.1 Å². The minimum Gasteiger partial charge on any atom is -0.493 e. The van der Waals surface area contributed by atoms with Crippen LogP contribution in [-0.4, -0.2) is 30.0 Å². The third-order valence-electron chi connectivity index (χ3n) is 4.43. The molecule has 1 N–H and O–H groups in total. The van der Waals surface area contributed by atoms with Gasteiger partial charge in [-0.05, 0) is 41.5 Å². The van der Waals surface area contributed by atoms with Crippen LogP contribution >= 0.6 is 23.1 Å². The lowest BCUT2D eigenvalue weighted by molar-refractivity contribution is -0.118. The van der Waals surface area contributed by atoms with Crippen molar-refractivity contribution in [2.24, 2.45) is 5.10 Å². The first kappa shape index (κ1) is 21.9. The van der Waals surface area contributed by atoms with Crippen molar-refractivity contribution in [3.63, 3.8) is 0 Å². The quantitative estimate of drug-likeness (QED) is 0.212. The first-order chi connectivity index (χ1) is 15.7. The zero-order valence-electron chi connectivity index (χ0n) is 17.4. The Labute approximate surface area is 194 Å². The van der Waals surface area contributed by atoms with Gasteiger partial charge in [0.2, 0.25) is 0 Å². The molecule has 0 spiro atoms. The van der Waals surface area contributed by atoms with Gasteiger partial charge in [-0.3, -0.25) is 4.79 Å². The number of thioether (sulfide) groups is 1. The van der Waals surface area contributed by atoms with Crippen molar-refractivity contribution in [1.29, 1.82) is 0 Å². The number of hydrazone groups is 1. The van der Waals surface area contributed by atoms with Crippen molar-refractivity contribution in [2.45, 2.75) is 10.9 Å². The number of benzene rings is 3. The van der Waals surface area contributed by atoms with Crippen molar-refractivity contribution >= 4 is 45.4 Å². The summed E-state index contributed by atoms with van der Waals surface area (Å²) in [4.78, 5) is 16.6. The lowest BCUT2D eigenvalue weighted by Gasteiger charge is -2.11. The smallest absolute Gasteiger partial charge is 0.250 e. The van der Waals surface area contributed by atoms with E-state index in [-0.39, 0.29) is 11.7 Å². The van der Waals surface area contributed by atoms with Gasteiger partial charge in [-0.2, -0.15) is 5.10 Å². The summed E-state index contributed by atoms with van der Waals surface area (Å²) in [6.45, 7) is 0.451. The number of hydrogen-bond acceptors (Lipinski definition) is 7. The average Bonchev–Trinajstić information content (AvgIpc) is 3.25. The zero-order valence-corrected chi connectivity index (χ0v) is 19.0. The highest BCUT2D eigenvalue weighted by molar-refractivity contribution is 8.01. The van der Waals surface area contributed by atoms with E-state index in [1.54, 1.807) is 24.7 Å². The summed E-state index contributed by atoms with van der Waals surface area (Å²) in [5.74, 6) is 1.29. The SMILES string of the molecule is COc1cc(/C=N\NC(=O)CSc2nc3ccccc3s2)ccc1OCc1ccccc1. The van der Waals surface area contributed by atoms with Gasteiger partial charge in [0, 0.05) is 0 Å². The molecule has 0 fully saturated rings. The second-order valence-corrected chi connectivity index (χ2v) is 8.97. The number of nitrogens with one attached hydrogen (secondary N) is 1. The maximum Gasteiger partial charge on any atom is 0.250 e. The van der Waals surface area contributed by atoms with Crippen LogP contribution in [0.15, 0.2) is 82.2 Å². The van der Waals surface area contributed by atoms with Gasteiger partial charge in [-0.25, -0.2) is 10.4 Å². The number of methoxy groups -OCH3 is 1. The van der Waals surface area contributed by atoms with Crippen LogP contribution in [0.4, 0.5) is 0 Å². The second kappa shape index (κ2) is 10.8. The molecule has 0 radical (unpaired) electrons. The highest BCUT2D eigenvalue weighted by atomic mass is 32.2. The van der Waals surface area contributed by atoms with E-state index in [0.717, 1.165) is 25.7 Å². The molecule has 1 amide bonds. The Bertz CT molecular complexity index is 1190. The van der Waals surface area contributed by atoms with Crippen molar-refractivity contribution in [2.75, 3.05) is 12.9 Å². The minimum absolute atomic E-state index is 0.194. The van der Waals surface area contributed by atoms with E-state index >= 15 is 0 Å². The molecule has 8 heteroatoms. The van der Waals surface area contributed by atoms with Crippen LogP contribution in [0.3, 0.4) is 0 Å². The first-order valence-corrected chi connectivity index (χ1v) is 11.7. The summed E-state index contributed by atoms with van der Waals surface area (Å²) in [6, 6.07) is 23.3. The second-order valence-electron chi connectivity index (χ2n) is 6.71. The number of thiazole rings is 1. The van der Waals surface area contributed by atoms with Crippen molar-refractivity contribution in [1.82, 2.24) is 10.4 Å². The number of nitrogens with zero attached hydrogens (tertiary/aromatic N) is 2. The fourth-order valence-corrected chi connectivity index (χ4v) is 4.73. The van der Waals surface area contributed by atoms with Gasteiger partial charge in [-0.15, -0.1) is 11.3 Å². The molecule has 0 aliphatic carbocycles. The van der Waals surface area contributed by atoms with Crippen molar-refractivity contribution < 1.29 is 14.3 Å². The molecule has 3 aromatic carbocycles. The van der Waals surface area contributed by atoms with Gasteiger partial charge in [0.05, 0.1) is 29.3 Å². The van der Waals surface area contributed by atoms with Crippen LogP contribution < -0.4 is 14.9 Å². The van der Waals surface area contributed by atoms with Gasteiger partial charge in [0.15, 0.2) is 15.8 Å². The number of carbonyl (C=O) groups excluding carboxylic acids is 1. The fourth-order valence-electron chi connectivity index (χ4n) is 2.87. The molecule has 0 saturated heterocycles. The molecule has 1 heterocycles. The molecule has 6 nitrogen and oxygen atoms in total. The summed E-state index contributed by atoms with van der Waals surface area (Å²) < 4.78 is 13.3. The maximum absolute atomic E-state index is 12.1. The molecule has 0 aliphatic heterocycles. The largest absolute Gasteiger partial charge is 0.493 e. The van der Waals surface area contributed by atoms with Crippen molar-refractivity contribution in [3.05, 3.63) is 83.9 Å². The zero-order chi connectivity index (χ0) is 22.2. The molecular formula is C24H21N3O3S2. The minimum atomic E-state index is -0.194. The number of amides is 1. The molecule has 1 aromatic heterocycles. The van der Waals surface area contributed by atoms with E-state index in [1.807, 2.05) is 72.8 Å². The van der Waals surface area contributed by atoms with Crippen LogP contribution in [0.1, 0.15) is 11.1 Å². The predicted molar refractivity (Wildman–Crippen MR) is 130 cm³/mol. The van der Waals surface area contributed by atoms with Gasteiger partial charge in [0.25, 0.3) is 5.91 Å². The number of para-hydroxylation sites is 1. The number of ether oxygens (including phenoxy) is 2. The van der Waals surface area contributed by atoms with E-state index in [4.69, 9.17) is 9.47 Å². The van der Waals surface area contributed by atoms with E-state index < -0.39 is 0 Å². The highest BCUT2D eigenvalue weighted by Crippen LogP contribution is 2.29. The molecular weight excluding hydrogens is 442 g/mol. The summed E-state index contributed by atoms with van der Waals surface area (Å²) >= 11 is 2.97. The lowest BCUT2D eigenvalue weighted by atomic mass is 10.2. The Balaban J connectivity index is 1.28. The van der Waals surface area contributed by atoms with E-state index in [1.165, 1.54) is 11.8 Å². The molecule has 32 heavy (non-hydrogen) atoms. The monoisotopic (exact) mass is 463 g/mol. The summed E-state index contributed by atoms with van der Waals surface area (Å²) in [5.41, 5.74) is 5.36. The third kappa shape index (κ3) is 5.87. The van der Waals surface area contributed by atoms with Crippen LogP contribution in [-0.2, 0) is 11.4 Å². The van der Waals surface area contributed by atoms with Gasteiger partial charge < -0.3 is 9.47 Å². The average molecular weight is 464 g/mol. The Morgan fingerprint density at radius 2 is 1.91 bits per heavy atom. The van der Waals surface area contributed by atoms with Crippen molar-refractivity contribution in [3.8, 4) is 11.5 Å². The molecule has 0 bridgehead atoms. The molecule has 4 aromatic rings. The van der Waals surface area contributed by atoms with Crippen LogP contribution in [0.25, 0.3) is 10.2 Å². The molecule has 0 unspecified atom stereocenters. The summed E-state index contributed by atoms with van der Waals surface area (Å²) in [5, 5.41) is 4.04. The van der Waals surface area contributed by atoms with Gasteiger partial charge in [-0.1, -0.05) is 54.2 Å². The Morgan fingerprint density at radius 1 is 1.09 bits per heavy atom. The standard InChI is InChI=1S/C24H21N3O3S2/c1-29-21-13-18(11-12-20(21)30-15-17-7-3-2-4-8-17)14-25-27-23(28)16-31-24-26-19-9-5-6-10-22(19)32-24/h2-14H,15-16H2,1H3,(H,27,28)/b25-14-. The normalized spacial score (nSPS) is 11.0. The fraction of sp³-hybridized carbons (Fsp3) is 0.125. The lowest BCUT2D eigenvalue weighted by Crippen LogP contribution is -2.19. The molecule has 4 rings (SSSR count). The molecule has 0 saturated carbocycles. The first-order valence-electron chi connectivity index (χ1n) is 9.86.